The molecule has 5 nitrogen and oxygen atoms in total. The summed E-state index contributed by atoms with van der Waals surface area (Å²) in [6, 6.07) is 9.69. The molecular formula is C20H36N4O. The smallest absolute Gasteiger partial charge is 0.191 e. The quantitative estimate of drug-likeness (QED) is 0.327. The van der Waals surface area contributed by atoms with Gasteiger partial charge in [-0.15, -0.1) is 0 Å². The highest BCUT2D eigenvalue weighted by Crippen LogP contribution is 2.20. The van der Waals surface area contributed by atoms with E-state index >= 15 is 0 Å². The molecule has 0 aliphatic rings. The molecule has 1 rings (SSSR count). The minimum absolute atomic E-state index is 0.325. The molecule has 0 radical (unpaired) electrons. The molecule has 1 atom stereocenters. The molecule has 3 N–H and O–H groups in total. The summed E-state index contributed by atoms with van der Waals surface area (Å²) < 4.78 is 0. The Labute approximate surface area is 153 Å². The fraction of sp³-hybridized carbons (Fsp3) is 0.650. The highest BCUT2D eigenvalue weighted by Gasteiger charge is 2.22. The van der Waals surface area contributed by atoms with Gasteiger partial charge >= 0.3 is 0 Å². The zero-order valence-electron chi connectivity index (χ0n) is 16.4. The van der Waals surface area contributed by atoms with Gasteiger partial charge in [-0.05, 0) is 51.9 Å². The van der Waals surface area contributed by atoms with Crippen LogP contribution in [0.3, 0.4) is 0 Å². The Morgan fingerprint density at radius 1 is 1.08 bits per heavy atom. The van der Waals surface area contributed by atoms with Crippen LogP contribution in [0.25, 0.3) is 0 Å². The van der Waals surface area contributed by atoms with Crippen molar-refractivity contribution in [2.75, 3.05) is 39.3 Å². The minimum atomic E-state index is -0.966. The van der Waals surface area contributed by atoms with Crippen LogP contribution in [0.15, 0.2) is 35.3 Å². The van der Waals surface area contributed by atoms with E-state index in [4.69, 9.17) is 0 Å². The van der Waals surface area contributed by atoms with Crippen molar-refractivity contribution in [3.8, 4) is 0 Å². The Bertz CT molecular complexity index is 484. The van der Waals surface area contributed by atoms with Crippen molar-refractivity contribution in [3.63, 3.8) is 0 Å². The molecule has 0 saturated heterocycles. The summed E-state index contributed by atoms with van der Waals surface area (Å²) >= 11 is 0. The Balaban J connectivity index is 2.46. The average Bonchev–Trinajstić information content (AvgIpc) is 2.63. The molecule has 1 unspecified atom stereocenters. The third kappa shape index (κ3) is 8.36. The van der Waals surface area contributed by atoms with Gasteiger partial charge in [0.05, 0.1) is 6.54 Å². The molecule has 25 heavy (non-hydrogen) atoms. The van der Waals surface area contributed by atoms with Gasteiger partial charge in [-0.2, -0.15) is 0 Å². The van der Waals surface area contributed by atoms with E-state index in [1.54, 1.807) is 6.92 Å². The van der Waals surface area contributed by atoms with Crippen molar-refractivity contribution in [3.05, 3.63) is 35.9 Å². The molecule has 0 amide bonds. The Hall–Kier alpha value is -1.59. The molecule has 0 aromatic heterocycles. The van der Waals surface area contributed by atoms with Crippen molar-refractivity contribution < 1.29 is 5.11 Å². The fourth-order valence-corrected chi connectivity index (χ4v) is 2.67. The number of hydrogen-bond acceptors (Lipinski definition) is 3. The van der Waals surface area contributed by atoms with Crippen LogP contribution in [0, 0.1) is 0 Å². The minimum Gasteiger partial charge on any atom is -0.384 e. The molecule has 0 saturated carbocycles. The Morgan fingerprint density at radius 3 is 2.36 bits per heavy atom. The molecule has 0 bridgehead atoms. The van der Waals surface area contributed by atoms with Crippen LogP contribution >= 0.6 is 0 Å². The second-order valence-electron chi connectivity index (χ2n) is 6.50. The van der Waals surface area contributed by atoms with E-state index in [9.17, 15) is 5.11 Å². The molecule has 0 heterocycles. The van der Waals surface area contributed by atoms with E-state index < -0.39 is 5.60 Å². The number of aliphatic imine (C=N–C) groups is 1. The van der Waals surface area contributed by atoms with Crippen molar-refractivity contribution >= 4 is 5.96 Å². The van der Waals surface area contributed by atoms with Crippen LogP contribution in [0.5, 0.6) is 0 Å². The van der Waals surface area contributed by atoms with Crippen LogP contribution in [0.4, 0.5) is 0 Å². The van der Waals surface area contributed by atoms with E-state index in [0.717, 1.165) is 50.7 Å². The van der Waals surface area contributed by atoms with E-state index in [1.165, 1.54) is 6.42 Å². The molecule has 1 aromatic carbocycles. The number of nitrogens with one attached hydrogen (secondary N) is 2. The van der Waals surface area contributed by atoms with E-state index in [-0.39, 0.29) is 0 Å². The number of unbranched alkanes of at least 4 members (excludes halogenated alkanes) is 1. The SMILES string of the molecule is CCNC(=NCC(C)(O)c1ccccc1)NCCCCN(CC)CC. The van der Waals surface area contributed by atoms with Crippen molar-refractivity contribution in [1.29, 1.82) is 0 Å². The number of guanidine groups is 1. The molecule has 0 aliphatic carbocycles. The summed E-state index contributed by atoms with van der Waals surface area (Å²) in [4.78, 5) is 7.00. The number of benzene rings is 1. The van der Waals surface area contributed by atoms with E-state index in [2.05, 4.69) is 34.4 Å². The monoisotopic (exact) mass is 348 g/mol. The molecular weight excluding hydrogens is 312 g/mol. The third-order valence-electron chi connectivity index (χ3n) is 4.37. The van der Waals surface area contributed by atoms with Crippen LogP contribution in [-0.4, -0.2) is 55.2 Å². The number of nitrogens with zero attached hydrogens (tertiary/aromatic N) is 2. The summed E-state index contributed by atoms with van der Waals surface area (Å²) in [5, 5.41) is 17.3. The van der Waals surface area contributed by atoms with E-state index in [1.807, 2.05) is 37.3 Å². The molecule has 0 aliphatic heterocycles. The summed E-state index contributed by atoms with van der Waals surface area (Å²) in [7, 11) is 0. The highest BCUT2D eigenvalue weighted by molar-refractivity contribution is 5.79. The summed E-state index contributed by atoms with van der Waals surface area (Å²) in [5.74, 6) is 0.765. The van der Waals surface area contributed by atoms with Gasteiger partial charge in [-0.25, -0.2) is 4.99 Å². The van der Waals surface area contributed by atoms with Gasteiger partial charge in [0.1, 0.15) is 5.60 Å². The highest BCUT2D eigenvalue weighted by atomic mass is 16.3. The van der Waals surface area contributed by atoms with Crippen LogP contribution in [-0.2, 0) is 5.60 Å². The first kappa shape index (κ1) is 21.5. The van der Waals surface area contributed by atoms with Crippen molar-refractivity contribution in [1.82, 2.24) is 15.5 Å². The van der Waals surface area contributed by atoms with Gasteiger partial charge in [0.25, 0.3) is 0 Å². The van der Waals surface area contributed by atoms with Gasteiger partial charge in [0.15, 0.2) is 5.96 Å². The molecule has 0 fully saturated rings. The lowest BCUT2D eigenvalue weighted by Gasteiger charge is -2.22. The summed E-state index contributed by atoms with van der Waals surface area (Å²) in [6.45, 7) is 13.7. The fourth-order valence-electron chi connectivity index (χ4n) is 2.67. The summed E-state index contributed by atoms with van der Waals surface area (Å²) in [5.41, 5.74) is -0.0827. The third-order valence-corrected chi connectivity index (χ3v) is 4.37. The van der Waals surface area contributed by atoms with Crippen LogP contribution < -0.4 is 10.6 Å². The molecule has 1 aromatic rings. The first-order chi connectivity index (χ1) is 12.0. The Kier molecular flexibility index (Phi) is 10.2. The topological polar surface area (TPSA) is 59.9 Å². The maximum Gasteiger partial charge on any atom is 0.191 e. The molecule has 5 heteroatoms. The average molecular weight is 349 g/mol. The van der Waals surface area contributed by atoms with Gasteiger partial charge in [0, 0.05) is 13.1 Å². The maximum atomic E-state index is 10.7. The number of hydrogen-bond donors (Lipinski definition) is 3. The number of rotatable bonds is 11. The predicted molar refractivity (Wildman–Crippen MR) is 107 cm³/mol. The summed E-state index contributed by atoms with van der Waals surface area (Å²) in [6.07, 6.45) is 2.28. The first-order valence-corrected chi connectivity index (χ1v) is 9.55. The zero-order chi connectivity index (χ0) is 18.5. The predicted octanol–water partition coefficient (Wildman–Crippen LogP) is 2.57. The van der Waals surface area contributed by atoms with Crippen LogP contribution in [0.1, 0.15) is 46.1 Å². The van der Waals surface area contributed by atoms with Crippen molar-refractivity contribution in [2.45, 2.75) is 46.1 Å². The molecule has 0 spiro atoms. The Morgan fingerprint density at radius 2 is 1.76 bits per heavy atom. The maximum absolute atomic E-state index is 10.7. The van der Waals surface area contributed by atoms with Gasteiger partial charge in [-0.3, -0.25) is 0 Å². The largest absolute Gasteiger partial charge is 0.384 e. The molecule has 142 valence electrons. The van der Waals surface area contributed by atoms with Gasteiger partial charge in [0.2, 0.25) is 0 Å². The second-order valence-corrected chi connectivity index (χ2v) is 6.50. The van der Waals surface area contributed by atoms with Gasteiger partial charge in [-0.1, -0.05) is 44.2 Å². The first-order valence-electron chi connectivity index (χ1n) is 9.55. The standard InChI is InChI=1S/C20H36N4O/c1-5-21-19(22-15-11-12-16-24(6-2)7-3)23-17-20(4,25)18-13-9-8-10-14-18/h8-10,13-14,25H,5-7,11-12,15-17H2,1-4H3,(H2,21,22,23). The van der Waals surface area contributed by atoms with Crippen molar-refractivity contribution in [2.24, 2.45) is 4.99 Å². The lowest BCUT2D eigenvalue weighted by Crippen LogP contribution is -2.39. The zero-order valence-corrected chi connectivity index (χ0v) is 16.4. The van der Waals surface area contributed by atoms with E-state index in [0.29, 0.717) is 6.54 Å². The lowest BCUT2D eigenvalue weighted by molar-refractivity contribution is 0.0672. The second kappa shape index (κ2) is 11.9. The van der Waals surface area contributed by atoms with Crippen LogP contribution in [0.2, 0.25) is 0 Å². The normalized spacial score (nSPS) is 14.4. The lowest BCUT2D eigenvalue weighted by atomic mass is 9.96. The number of aliphatic hydroxyl groups is 1. The van der Waals surface area contributed by atoms with Gasteiger partial charge < -0.3 is 20.6 Å².